The fourth-order valence-corrected chi connectivity index (χ4v) is 2.51. The first-order chi connectivity index (χ1) is 9.47. The lowest BCUT2D eigenvalue weighted by Gasteiger charge is -2.10. The van der Waals surface area contributed by atoms with Crippen LogP contribution in [0.15, 0.2) is 34.9 Å². The van der Waals surface area contributed by atoms with Crippen molar-refractivity contribution in [2.24, 2.45) is 0 Å². The monoisotopic (exact) mass is 352 g/mol. The van der Waals surface area contributed by atoms with Crippen LogP contribution in [0.2, 0.25) is 5.02 Å². The highest BCUT2D eigenvalue weighted by atomic mass is 79.9. The van der Waals surface area contributed by atoms with Gasteiger partial charge in [0.05, 0.1) is 17.8 Å². The summed E-state index contributed by atoms with van der Waals surface area (Å²) >= 11 is 9.49. The maximum Gasteiger partial charge on any atom is 0.230 e. The van der Waals surface area contributed by atoms with Crippen molar-refractivity contribution in [3.63, 3.8) is 0 Å². The lowest BCUT2D eigenvalue weighted by molar-refractivity contribution is -0.115. The number of hydrogen-bond donors (Lipinski definition) is 1. The van der Waals surface area contributed by atoms with Gasteiger partial charge in [-0.1, -0.05) is 17.7 Å². The van der Waals surface area contributed by atoms with Crippen LogP contribution >= 0.6 is 27.5 Å². The van der Waals surface area contributed by atoms with E-state index < -0.39 is 0 Å². The van der Waals surface area contributed by atoms with Gasteiger partial charge in [0, 0.05) is 15.7 Å². The minimum absolute atomic E-state index is 0.118. The molecule has 0 unspecified atom stereocenters. The maximum atomic E-state index is 12.1. The number of nitrogens with one attached hydrogen (secondary N) is 1. The summed E-state index contributed by atoms with van der Waals surface area (Å²) in [6.45, 7) is 3.85. The van der Waals surface area contributed by atoms with Crippen LogP contribution in [-0.4, -0.2) is 10.9 Å². The van der Waals surface area contributed by atoms with Gasteiger partial charge in [0.2, 0.25) is 5.91 Å². The van der Waals surface area contributed by atoms with Crippen LogP contribution in [0, 0.1) is 13.8 Å². The van der Waals surface area contributed by atoms with E-state index in [0.29, 0.717) is 10.7 Å². The minimum atomic E-state index is -0.118. The summed E-state index contributed by atoms with van der Waals surface area (Å²) in [7, 11) is 0. The second-order valence-corrected chi connectivity index (χ2v) is 5.83. The number of benzene rings is 1. The van der Waals surface area contributed by atoms with Gasteiger partial charge in [0.15, 0.2) is 0 Å². The molecule has 1 N–H and O–H groups in total. The van der Waals surface area contributed by atoms with Crippen molar-refractivity contribution >= 4 is 39.1 Å². The summed E-state index contributed by atoms with van der Waals surface area (Å²) in [5.41, 5.74) is 3.40. The quantitative estimate of drug-likeness (QED) is 0.894. The molecule has 0 saturated carbocycles. The van der Waals surface area contributed by atoms with Crippen LogP contribution < -0.4 is 5.32 Å². The zero-order chi connectivity index (χ0) is 14.7. The minimum Gasteiger partial charge on any atom is -0.325 e. The second kappa shape index (κ2) is 6.37. The smallest absolute Gasteiger partial charge is 0.230 e. The van der Waals surface area contributed by atoms with Crippen molar-refractivity contribution in [3.8, 4) is 0 Å². The molecule has 0 radical (unpaired) electrons. The largest absolute Gasteiger partial charge is 0.325 e. The summed E-state index contributed by atoms with van der Waals surface area (Å²) in [5, 5.41) is 3.47. The molecule has 1 amide bonds. The van der Waals surface area contributed by atoms with Gasteiger partial charge in [-0.05, 0) is 59.1 Å². The molecular formula is C15H14BrClN2O. The van der Waals surface area contributed by atoms with Crippen LogP contribution in [-0.2, 0) is 11.2 Å². The van der Waals surface area contributed by atoms with E-state index in [1.54, 1.807) is 12.3 Å². The van der Waals surface area contributed by atoms with Crippen LogP contribution in [0.1, 0.15) is 16.8 Å². The third-order valence-electron chi connectivity index (χ3n) is 2.97. The van der Waals surface area contributed by atoms with E-state index in [0.717, 1.165) is 21.3 Å². The predicted molar refractivity (Wildman–Crippen MR) is 85.2 cm³/mol. The molecular weight excluding hydrogens is 340 g/mol. The normalized spacial score (nSPS) is 10.4. The van der Waals surface area contributed by atoms with E-state index in [1.165, 1.54) is 0 Å². The van der Waals surface area contributed by atoms with Gasteiger partial charge in [-0.15, -0.1) is 0 Å². The summed E-state index contributed by atoms with van der Waals surface area (Å²) in [6.07, 6.45) is 1.93. The number of amides is 1. The van der Waals surface area contributed by atoms with Crippen LogP contribution in [0.3, 0.4) is 0 Å². The Balaban J connectivity index is 2.13. The molecule has 1 heterocycles. The van der Waals surface area contributed by atoms with Crippen molar-refractivity contribution in [1.82, 2.24) is 4.98 Å². The van der Waals surface area contributed by atoms with Crippen molar-refractivity contribution in [3.05, 3.63) is 56.8 Å². The molecule has 0 aliphatic carbocycles. The molecule has 0 bridgehead atoms. The molecule has 5 heteroatoms. The Morgan fingerprint density at radius 2 is 2.10 bits per heavy atom. The number of aryl methyl sites for hydroxylation is 2. The molecule has 1 aromatic heterocycles. The number of carbonyl (C=O) groups excluding carboxylic acids is 1. The molecule has 104 valence electrons. The fourth-order valence-electron chi connectivity index (χ4n) is 1.79. The second-order valence-electron chi connectivity index (χ2n) is 4.57. The van der Waals surface area contributed by atoms with E-state index in [9.17, 15) is 4.79 Å². The summed E-state index contributed by atoms with van der Waals surface area (Å²) in [6, 6.07) is 7.41. The van der Waals surface area contributed by atoms with Gasteiger partial charge in [-0.2, -0.15) is 0 Å². The Morgan fingerprint density at radius 1 is 1.35 bits per heavy atom. The molecule has 2 aromatic rings. The highest BCUT2D eigenvalue weighted by molar-refractivity contribution is 9.10. The first-order valence-electron chi connectivity index (χ1n) is 6.13. The first kappa shape index (κ1) is 15.0. The van der Waals surface area contributed by atoms with Crippen LogP contribution in [0.4, 0.5) is 5.69 Å². The summed E-state index contributed by atoms with van der Waals surface area (Å²) in [5.74, 6) is -0.118. The van der Waals surface area contributed by atoms with Gasteiger partial charge in [-0.3, -0.25) is 9.78 Å². The lowest BCUT2D eigenvalue weighted by atomic mass is 10.1. The number of pyridine rings is 1. The highest BCUT2D eigenvalue weighted by Crippen LogP contribution is 2.29. The van der Waals surface area contributed by atoms with Gasteiger partial charge < -0.3 is 5.32 Å². The fraction of sp³-hybridized carbons (Fsp3) is 0.200. The maximum absolute atomic E-state index is 12.1. The van der Waals surface area contributed by atoms with Crippen molar-refractivity contribution in [1.29, 1.82) is 0 Å². The molecule has 0 aliphatic heterocycles. The average molecular weight is 354 g/mol. The van der Waals surface area contributed by atoms with E-state index in [1.807, 2.05) is 32.0 Å². The predicted octanol–water partition coefficient (Wildman–Crippen LogP) is 4.30. The summed E-state index contributed by atoms with van der Waals surface area (Å²) < 4.78 is 0.811. The third-order valence-corrected chi connectivity index (χ3v) is 4.03. The van der Waals surface area contributed by atoms with Gasteiger partial charge in [0.1, 0.15) is 0 Å². The molecule has 0 fully saturated rings. The Hall–Kier alpha value is -1.39. The van der Waals surface area contributed by atoms with Crippen LogP contribution in [0.25, 0.3) is 0 Å². The van der Waals surface area contributed by atoms with E-state index in [2.05, 4.69) is 26.2 Å². The van der Waals surface area contributed by atoms with Gasteiger partial charge >= 0.3 is 0 Å². The van der Waals surface area contributed by atoms with Gasteiger partial charge in [-0.25, -0.2) is 0 Å². The molecule has 0 spiro atoms. The number of hydrogen-bond acceptors (Lipinski definition) is 2. The number of anilines is 1. The molecule has 1 aromatic carbocycles. The number of aromatic nitrogens is 1. The zero-order valence-corrected chi connectivity index (χ0v) is 13.5. The van der Waals surface area contributed by atoms with Crippen molar-refractivity contribution in [2.45, 2.75) is 20.3 Å². The van der Waals surface area contributed by atoms with E-state index in [-0.39, 0.29) is 12.3 Å². The van der Waals surface area contributed by atoms with Gasteiger partial charge in [0.25, 0.3) is 0 Å². The molecule has 0 aliphatic rings. The molecule has 0 saturated heterocycles. The number of halogens is 2. The van der Waals surface area contributed by atoms with Crippen molar-refractivity contribution in [2.75, 3.05) is 5.32 Å². The average Bonchev–Trinajstić information content (AvgIpc) is 2.39. The first-order valence-corrected chi connectivity index (χ1v) is 7.30. The third kappa shape index (κ3) is 3.58. The Morgan fingerprint density at radius 3 is 2.80 bits per heavy atom. The Kier molecular flexibility index (Phi) is 4.78. The standard InChI is InChI=1S/C15H14BrClN2O/c1-9-4-3-5-18-13(9)8-15(20)19-14-7-12(17)10(2)6-11(14)16/h3-7H,8H2,1-2H3,(H,19,20). The van der Waals surface area contributed by atoms with Crippen LogP contribution in [0.5, 0.6) is 0 Å². The number of carbonyl (C=O) groups is 1. The summed E-state index contributed by atoms with van der Waals surface area (Å²) in [4.78, 5) is 16.3. The lowest BCUT2D eigenvalue weighted by Crippen LogP contribution is -2.16. The van der Waals surface area contributed by atoms with E-state index >= 15 is 0 Å². The topological polar surface area (TPSA) is 42.0 Å². The molecule has 20 heavy (non-hydrogen) atoms. The highest BCUT2D eigenvalue weighted by Gasteiger charge is 2.10. The SMILES string of the molecule is Cc1cc(Br)c(NC(=O)Cc2ncccc2C)cc1Cl. The molecule has 3 nitrogen and oxygen atoms in total. The van der Waals surface area contributed by atoms with E-state index in [4.69, 9.17) is 11.6 Å². The number of rotatable bonds is 3. The van der Waals surface area contributed by atoms with Crippen molar-refractivity contribution < 1.29 is 4.79 Å². The molecule has 0 atom stereocenters. The Bertz CT molecular complexity index is 658. The Labute approximate surface area is 131 Å². The number of nitrogens with zero attached hydrogens (tertiary/aromatic N) is 1. The zero-order valence-electron chi connectivity index (χ0n) is 11.2. The molecule has 2 rings (SSSR count).